The molecule has 0 radical (unpaired) electrons. The van der Waals surface area contributed by atoms with Crippen molar-refractivity contribution in [2.24, 2.45) is 5.92 Å². The molecular formula is C20H24N4O2. The molecule has 0 saturated carbocycles. The predicted octanol–water partition coefficient (Wildman–Crippen LogP) is 2.53. The van der Waals surface area contributed by atoms with Gasteiger partial charge in [-0.25, -0.2) is 9.97 Å². The van der Waals surface area contributed by atoms with Crippen LogP contribution >= 0.6 is 0 Å². The first kappa shape index (κ1) is 16.8. The lowest BCUT2D eigenvalue weighted by Crippen LogP contribution is -2.50. The first-order valence-corrected chi connectivity index (χ1v) is 9.16. The Bertz CT molecular complexity index is 810. The van der Waals surface area contributed by atoms with Gasteiger partial charge < -0.3 is 14.5 Å². The molecule has 2 saturated heterocycles. The van der Waals surface area contributed by atoms with E-state index in [1.165, 1.54) is 0 Å². The molecule has 26 heavy (non-hydrogen) atoms. The quantitative estimate of drug-likeness (QED) is 0.850. The van der Waals surface area contributed by atoms with E-state index in [4.69, 9.17) is 4.74 Å². The number of methoxy groups -OCH3 is 1. The number of rotatable bonds is 3. The second kappa shape index (κ2) is 6.94. The van der Waals surface area contributed by atoms with Crippen molar-refractivity contribution in [3.63, 3.8) is 0 Å². The third-order valence-electron chi connectivity index (χ3n) is 5.53. The number of para-hydroxylation sites is 1. The molecule has 0 N–H and O–H groups in total. The molecule has 2 aromatic rings. The molecule has 0 bridgehead atoms. The van der Waals surface area contributed by atoms with E-state index in [1.54, 1.807) is 13.3 Å². The molecule has 2 atom stereocenters. The molecule has 6 nitrogen and oxygen atoms in total. The van der Waals surface area contributed by atoms with Crippen molar-refractivity contribution in [3.05, 3.63) is 47.8 Å². The zero-order chi connectivity index (χ0) is 18.1. The highest BCUT2D eigenvalue weighted by molar-refractivity contribution is 5.97. The maximum atomic E-state index is 13.2. The van der Waals surface area contributed by atoms with Crippen LogP contribution in [-0.2, 0) is 0 Å². The summed E-state index contributed by atoms with van der Waals surface area (Å²) >= 11 is 0. The minimum Gasteiger partial charge on any atom is -0.496 e. The maximum absolute atomic E-state index is 13.2. The van der Waals surface area contributed by atoms with Crippen LogP contribution in [0.3, 0.4) is 0 Å². The van der Waals surface area contributed by atoms with Crippen molar-refractivity contribution in [1.29, 1.82) is 0 Å². The Morgan fingerprint density at radius 3 is 2.81 bits per heavy atom. The number of nitrogens with zero attached hydrogens (tertiary/aromatic N) is 4. The van der Waals surface area contributed by atoms with Crippen molar-refractivity contribution in [1.82, 2.24) is 14.9 Å². The van der Waals surface area contributed by atoms with Crippen molar-refractivity contribution >= 4 is 11.9 Å². The average molecular weight is 352 g/mol. The average Bonchev–Trinajstić information content (AvgIpc) is 3.10. The van der Waals surface area contributed by atoms with Crippen LogP contribution in [0.15, 0.2) is 36.5 Å². The smallest absolute Gasteiger partial charge is 0.257 e. The molecule has 3 heterocycles. The van der Waals surface area contributed by atoms with Crippen molar-refractivity contribution in [3.8, 4) is 5.75 Å². The van der Waals surface area contributed by atoms with Gasteiger partial charge in [-0.3, -0.25) is 4.79 Å². The summed E-state index contributed by atoms with van der Waals surface area (Å²) in [6.07, 6.45) is 3.93. The van der Waals surface area contributed by atoms with Crippen LogP contribution in [0.4, 0.5) is 5.95 Å². The van der Waals surface area contributed by atoms with Crippen LogP contribution in [-0.4, -0.2) is 53.6 Å². The van der Waals surface area contributed by atoms with E-state index in [-0.39, 0.29) is 11.9 Å². The summed E-state index contributed by atoms with van der Waals surface area (Å²) in [4.78, 5) is 26.4. The number of benzene rings is 1. The molecule has 6 heteroatoms. The molecule has 2 aliphatic heterocycles. The summed E-state index contributed by atoms with van der Waals surface area (Å²) < 4.78 is 5.39. The second-order valence-electron chi connectivity index (χ2n) is 7.05. The highest BCUT2D eigenvalue weighted by Crippen LogP contribution is 2.34. The van der Waals surface area contributed by atoms with Crippen LogP contribution in [0.25, 0.3) is 0 Å². The number of fused-ring (bicyclic) bond motifs is 1. The Morgan fingerprint density at radius 1 is 1.19 bits per heavy atom. The molecule has 2 fully saturated rings. The Kier molecular flexibility index (Phi) is 4.49. The molecule has 2 aliphatic rings. The van der Waals surface area contributed by atoms with Crippen LogP contribution < -0.4 is 9.64 Å². The summed E-state index contributed by atoms with van der Waals surface area (Å²) in [5.74, 6) is 2.01. The zero-order valence-corrected chi connectivity index (χ0v) is 15.3. The molecular weight excluding hydrogens is 328 g/mol. The molecule has 4 rings (SSSR count). The van der Waals surface area contributed by atoms with Crippen molar-refractivity contribution < 1.29 is 9.53 Å². The highest BCUT2D eigenvalue weighted by atomic mass is 16.5. The van der Waals surface area contributed by atoms with Crippen LogP contribution in [0.1, 0.15) is 28.9 Å². The summed E-state index contributed by atoms with van der Waals surface area (Å²) in [5.41, 5.74) is 1.60. The minimum atomic E-state index is 0.0574. The maximum Gasteiger partial charge on any atom is 0.257 e. The fourth-order valence-corrected chi connectivity index (χ4v) is 4.14. The number of carbonyl (C=O) groups is 1. The van der Waals surface area contributed by atoms with E-state index >= 15 is 0 Å². The van der Waals surface area contributed by atoms with Crippen LogP contribution in [0.2, 0.25) is 0 Å². The van der Waals surface area contributed by atoms with Gasteiger partial charge in [-0.1, -0.05) is 12.1 Å². The SMILES string of the molecule is COc1ccccc1C(=O)N1CCC2CCN(c3nccc(C)n3)CC21. The van der Waals surface area contributed by atoms with E-state index in [0.29, 0.717) is 17.2 Å². The molecule has 0 aliphatic carbocycles. The summed E-state index contributed by atoms with van der Waals surface area (Å²) in [5, 5.41) is 0. The van der Waals surface area contributed by atoms with E-state index in [9.17, 15) is 4.79 Å². The number of aryl methyl sites for hydroxylation is 1. The number of anilines is 1. The summed E-state index contributed by atoms with van der Waals surface area (Å²) in [6, 6.07) is 9.57. The lowest BCUT2D eigenvalue weighted by atomic mass is 9.92. The largest absolute Gasteiger partial charge is 0.496 e. The van der Waals surface area contributed by atoms with Crippen molar-refractivity contribution in [2.75, 3.05) is 31.6 Å². The monoisotopic (exact) mass is 352 g/mol. The summed E-state index contributed by atoms with van der Waals surface area (Å²) in [7, 11) is 1.61. The van der Waals surface area contributed by atoms with E-state index in [0.717, 1.165) is 44.1 Å². The van der Waals surface area contributed by atoms with Crippen molar-refractivity contribution in [2.45, 2.75) is 25.8 Å². The van der Waals surface area contributed by atoms with Gasteiger partial charge in [-0.05, 0) is 43.9 Å². The Morgan fingerprint density at radius 2 is 2.00 bits per heavy atom. The molecule has 0 spiro atoms. The molecule has 1 amide bonds. The zero-order valence-electron chi connectivity index (χ0n) is 15.3. The topological polar surface area (TPSA) is 58.6 Å². The third-order valence-corrected chi connectivity index (χ3v) is 5.53. The van der Waals surface area contributed by atoms with Gasteiger partial charge in [0.2, 0.25) is 5.95 Å². The molecule has 1 aromatic heterocycles. The first-order valence-electron chi connectivity index (χ1n) is 9.16. The Hall–Kier alpha value is -2.63. The number of ether oxygens (including phenoxy) is 1. The highest BCUT2D eigenvalue weighted by Gasteiger charge is 2.41. The fraction of sp³-hybridized carbons (Fsp3) is 0.450. The number of carbonyl (C=O) groups excluding carboxylic acids is 1. The van der Waals surface area contributed by atoms with Crippen LogP contribution in [0, 0.1) is 12.8 Å². The Balaban J connectivity index is 1.56. The van der Waals surface area contributed by atoms with Gasteiger partial charge in [0.05, 0.1) is 18.7 Å². The van der Waals surface area contributed by atoms with Gasteiger partial charge in [-0.2, -0.15) is 0 Å². The molecule has 2 unspecified atom stereocenters. The van der Waals surface area contributed by atoms with E-state index < -0.39 is 0 Å². The third kappa shape index (κ3) is 3.00. The lowest BCUT2D eigenvalue weighted by Gasteiger charge is -2.38. The number of hydrogen-bond donors (Lipinski definition) is 0. The number of likely N-dealkylation sites (tertiary alicyclic amines) is 1. The second-order valence-corrected chi connectivity index (χ2v) is 7.05. The number of piperidine rings is 1. The summed E-state index contributed by atoms with van der Waals surface area (Å²) in [6.45, 7) is 4.51. The number of amides is 1. The van der Waals surface area contributed by atoms with Gasteiger partial charge in [0, 0.05) is 31.5 Å². The normalized spacial score (nSPS) is 22.2. The molecule has 1 aromatic carbocycles. The van der Waals surface area contributed by atoms with Gasteiger partial charge in [0.1, 0.15) is 5.75 Å². The van der Waals surface area contributed by atoms with Gasteiger partial charge in [0.25, 0.3) is 5.91 Å². The first-order chi connectivity index (χ1) is 12.7. The van der Waals surface area contributed by atoms with E-state index in [1.807, 2.05) is 42.2 Å². The number of hydrogen-bond acceptors (Lipinski definition) is 5. The number of aromatic nitrogens is 2. The van der Waals surface area contributed by atoms with E-state index in [2.05, 4.69) is 14.9 Å². The minimum absolute atomic E-state index is 0.0574. The standard InChI is InChI=1S/C20H24N4O2/c1-14-7-10-21-20(22-14)23-11-8-15-9-12-24(17(15)13-23)19(25)16-5-3-4-6-18(16)26-2/h3-7,10,15,17H,8-9,11-13H2,1-2H3. The predicted molar refractivity (Wildman–Crippen MR) is 99.5 cm³/mol. The van der Waals surface area contributed by atoms with Crippen LogP contribution in [0.5, 0.6) is 5.75 Å². The molecule has 136 valence electrons. The van der Waals surface area contributed by atoms with Gasteiger partial charge in [-0.15, -0.1) is 0 Å². The van der Waals surface area contributed by atoms with Gasteiger partial charge in [0.15, 0.2) is 0 Å². The fourth-order valence-electron chi connectivity index (χ4n) is 4.14. The van der Waals surface area contributed by atoms with Gasteiger partial charge >= 0.3 is 0 Å². The lowest BCUT2D eigenvalue weighted by molar-refractivity contribution is 0.0708. The Labute approximate surface area is 153 Å².